The van der Waals surface area contributed by atoms with Crippen LogP contribution in [0.2, 0.25) is 0 Å². The smallest absolute Gasteiger partial charge is 0.374 e. The van der Waals surface area contributed by atoms with Crippen LogP contribution in [0.25, 0.3) is 66.6 Å². The number of imide groups is 1. The highest BCUT2D eigenvalue weighted by Gasteiger charge is 2.33. The van der Waals surface area contributed by atoms with E-state index < -0.39 is 76.4 Å². The van der Waals surface area contributed by atoms with E-state index in [0.717, 1.165) is 0 Å². The highest BCUT2D eigenvalue weighted by Crippen LogP contribution is 2.45. The molecule has 24 nitrogen and oxygen atoms in total. The van der Waals surface area contributed by atoms with Crippen molar-refractivity contribution in [1.82, 2.24) is 5.06 Å². The zero-order valence-corrected chi connectivity index (χ0v) is 42.7. The number of aromatic nitrogens is 1. The lowest BCUT2D eigenvalue weighted by atomic mass is 10.0. The van der Waals surface area contributed by atoms with Crippen molar-refractivity contribution in [3.05, 3.63) is 120 Å². The standard InChI is InChI=1S/C49H39N3O21S4/c53-45-13-14-46(54)52(45)73-49(55)27-68-30-7-3-28(4-8-30)29(5-15-47-50(17-1-19-74(56,57)58)37-25-41-35(23-43(37)71-47)33-21-31(76(62,63)64)9-11-39(33)69-41)6-16-48-51(18-2-20-75(59,60)61)38-26-42-36(24-44(38)72-48)34-22-32(77(65,66)67)10-12-40(34)70-42/h3-12,15-16,21-26H,1-2,13-14,17-20,27H2,(H3-,56,57,58,59,60,61,62,63,64,65,66,67)/p+1. The summed E-state index contributed by atoms with van der Waals surface area (Å²) in [6, 6.07) is 20.2. The lowest BCUT2D eigenvalue weighted by Crippen LogP contribution is -2.36. The van der Waals surface area contributed by atoms with Gasteiger partial charge in [0, 0.05) is 53.4 Å². The first-order valence-corrected chi connectivity index (χ1v) is 29.0. The number of hydrogen-bond donors (Lipinski definition) is 4. The van der Waals surface area contributed by atoms with Gasteiger partial charge >= 0.3 is 11.9 Å². The average Bonchev–Trinajstić information content (AvgIpc) is 4.19. The summed E-state index contributed by atoms with van der Waals surface area (Å²) in [5.41, 5.74) is 3.07. The van der Waals surface area contributed by atoms with Gasteiger partial charge in [-0.3, -0.25) is 27.8 Å². The number of aryl methyl sites for hydroxylation is 1. The second kappa shape index (κ2) is 19.9. The lowest BCUT2D eigenvalue weighted by molar-refractivity contribution is -0.677. The SMILES string of the molecule is O=C(COc1ccc(C(=C\C=C2/Oc3cc4c(cc3N2CCCS(=O)(=O)O)oc2ccc(S(=O)(=O)O)cc24)/C=C/c2oc3cc4c(cc3[n+]2CCCS(=O)(=O)O)oc2ccc(S(=O)(=O)O)cc24)cc1)ON1C(=O)CCC1=O. The van der Waals surface area contributed by atoms with Gasteiger partial charge in [0.25, 0.3) is 57.8 Å². The summed E-state index contributed by atoms with van der Waals surface area (Å²) < 4.78 is 166. The zero-order valence-electron chi connectivity index (χ0n) is 39.5. The molecule has 0 atom stereocenters. The van der Waals surface area contributed by atoms with E-state index in [-0.39, 0.29) is 99.8 Å². The monoisotopic (exact) mass is 1130 g/mol. The Morgan fingerprint density at radius 2 is 1.25 bits per heavy atom. The van der Waals surface area contributed by atoms with Crippen LogP contribution in [-0.4, -0.2) is 99.4 Å². The van der Waals surface area contributed by atoms with Crippen molar-refractivity contribution in [3.63, 3.8) is 0 Å². The molecule has 4 N–H and O–H groups in total. The van der Waals surface area contributed by atoms with Crippen LogP contribution in [0.3, 0.4) is 0 Å². The fourth-order valence-electron chi connectivity index (χ4n) is 8.78. The fraction of sp³-hybridized carbons (Fsp3) is 0.184. The number of carbonyl (C=O) groups is 3. The first-order valence-electron chi connectivity index (χ1n) is 22.9. The minimum Gasteiger partial charge on any atom is -0.482 e. The molecule has 0 aliphatic carbocycles. The quantitative estimate of drug-likeness (QED) is 0.0313. The third-order valence-electron chi connectivity index (χ3n) is 12.3. The van der Waals surface area contributed by atoms with E-state index in [1.54, 1.807) is 70.2 Å². The zero-order chi connectivity index (χ0) is 54.8. The summed E-state index contributed by atoms with van der Waals surface area (Å²) >= 11 is 0. The molecule has 400 valence electrons. The van der Waals surface area contributed by atoms with Gasteiger partial charge < -0.3 is 32.5 Å². The molecule has 1 fully saturated rings. The highest BCUT2D eigenvalue weighted by molar-refractivity contribution is 7.86. The normalized spacial score (nSPS) is 15.4. The third-order valence-corrected chi connectivity index (χ3v) is 15.6. The topological polar surface area (TPSA) is 346 Å². The van der Waals surface area contributed by atoms with Gasteiger partial charge in [0.05, 0.1) is 39.1 Å². The molecule has 0 unspecified atom stereocenters. The Morgan fingerprint density at radius 3 is 1.86 bits per heavy atom. The number of hydrogen-bond acceptors (Lipinski definition) is 18. The van der Waals surface area contributed by atoms with Crippen molar-refractivity contribution in [2.24, 2.45) is 0 Å². The third kappa shape index (κ3) is 11.3. The van der Waals surface area contributed by atoms with Crippen molar-refractivity contribution in [2.75, 3.05) is 29.6 Å². The van der Waals surface area contributed by atoms with Gasteiger partial charge in [-0.15, -0.1) is 5.06 Å². The lowest BCUT2D eigenvalue weighted by Gasteiger charge is -2.17. The summed E-state index contributed by atoms with van der Waals surface area (Å²) in [6.07, 6.45) is 5.93. The van der Waals surface area contributed by atoms with Crippen molar-refractivity contribution in [3.8, 4) is 11.5 Å². The Morgan fingerprint density at radius 1 is 0.662 bits per heavy atom. The summed E-state index contributed by atoms with van der Waals surface area (Å²) in [5, 5.41) is 1.88. The fourth-order valence-corrected chi connectivity index (χ4v) is 10.8. The van der Waals surface area contributed by atoms with Crippen molar-refractivity contribution >= 4 is 131 Å². The Kier molecular flexibility index (Phi) is 13.5. The van der Waals surface area contributed by atoms with Crippen LogP contribution in [0, 0.1) is 0 Å². The number of furan rings is 2. The minimum atomic E-state index is -4.59. The summed E-state index contributed by atoms with van der Waals surface area (Å²) in [6.45, 7) is -0.727. The number of hydroxylamine groups is 2. The van der Waals surface area contributed by atoms with Crippen molar-refractivity contribution in [1.29, 1.82) is 0 Å². The van der Waals surface area contributed by atoms with Crippen LogP contribution in [0.15, 0.2) is 132 Å². The van der Waals surface area contributed by atoms with E-state index in [4.69, 9.17) is 27.6 Å². The molecular weight excluding hydrogens is 1090 g/mol. The number of oxazole rings is 1. The van der Waals surface area contributed by atoms with Crippen LogP contribution in [0.5, 0.6) is 11.5 Å². The maximum absolute atomic E-state index is 12.5. The van der Waals surface area contributed by atoms with E-state index in [2.05, 4.69) is 0 Å². The Bertz CT molecular complexity index is 4350. The number of anilines is 1. The maximum atomic E-state index is 12.5. The maximum Gasteiger partial charge on any atom is 0.374 e. The molecule has 10 rings (SSSR count). The molecule has 0 saturated carbocycles. The van der Waals surface area contributed by atoms with Gasteiger partial charge in [-0.05, 0) is 96.4 Å². The average molecular weight is 1140 g/mol. The molecule has 2 aliphatic heterocycles. The van der Waals surface area contributed by atoms with Gasteiger partial charge in [0.15, 0.2) is 18.9 Å². The number of allylic oxidation sites excluding steroid dienone is 4. The van der Waals surface area contributed by atoms with E-state index in [1.807, 2.05) is 0 Å². The second-order valence-electron chi connectivity index (χ2n) is 17.5. The predicted molar refractivity (Wildman–Crippen MR) is 271 cm³/mol. The van der Waals surface area contributed by atoms with E-state index in [0.29, 0.717) is 48.9 Å². The first kappa shape index (κ1) is 52.5. The number of benzene rings is 5. The van der Waals surface area contributed by atoms with Gasteiger partial charge in [0.1, 0.15) is 28.1 Å². The Labute approximate surface area is 435 Å². The molecule has 2 aliphatic rings. The Hall–Kier alpha value is -7.96. The van der Waals surface area contributed by atoms with E-state index >= 15 is 0 Å². The first-order chi connectivity index (χ1) is 36.3. The molecule has 0 bridgehead atoms. The molecule has 2 amide bonds. The summed E-state index contributed by atoms with van der Waals surface area (Å²) in [7, 11) is -18.0. The van der Waals surface area contributed by atoms with Crippen LogP contribution in [0.1, 0.15) is 37.1 Å². The molecule has 77 heavy (non-hydrogen) atoms. The molecule has 0 spiro atoms. The van der Waals surface area contributed by atoms with Gasteiger partial charge in [-0.25, -0.2) is 4.79 Å². The Balaban J connectivity index is 1.05. The predicted octanol–water partition coefficient (Wildman–Crippen LogP) is 6.39. The summed E-state index contributed by atoms with van der Waals surface area (Å²) in [4.78, 5) is 42.2. The number of ether oxygens (including phenoxy) is 2. The summed E-state index contributed by atoms with van der Waals surface area (Å²) in [5.74, 6) is -2.91. The van der Waals surface area contributed by atoms with E-state index in [1.165, 1.54) is 48.5 Å². The van der Waals surface area contributed by atoms with Crippen molar-refractivity contribution < 1.29 is 98.4 Å². The number of carbonyl (C=O) groups excluding carboxylic acids is 3. The molecule has 5 heterocycles. The number of fused-ring (bicyclic) bond motifs is 8. The van der Waals surface area contributed by atoms with Crippen LogP contribution in [0.4, 0.5) is 5.69 Å². The van der Waals surface area contributed by atoms with Crippen LogP contribution >= 0.6 is 0 Å². The molecule has 0 radical (unpaired) electrons. The van der Waals surface area contributed by atoms with Crippen LogP contribution < -0.4 is 18.9 Å². The molecule has 5 aromatic carbocycles. The second-order valence-corrected chi connectivity index (χ2v) is 23.5. The number of amides is 2. The largest absolute Gasteiger partial charge is 0.482 e. The molecule has 28 heteroatoms. The minimum absolute atomic E-state index is 0.0251. The van der Waals surface area contributed by atoms with Gasteiger partial charge in [0.2, 0.25) is 11.5 Å². The molecule has 8 aromatic rings. The van der Waals surface area contributed by atoms with Crippen LogP contribution in [-0.2, 0) is 66.2 Å². The molecule has 1 saturated heterocycles. The highest BCUT2D eigenvalue weighted by atomic mass is 32.2. The number of nitrogens with zero attached hydrogens (tertiary/aromatic N) is 3. The molecule has 3 aromatic heterocycles. The van der Waals surface area contributed by atoms with E-state index in [9.17, 15) is 66.3 Å². The van der Waals surface area contributed by atoms with Gasteiger partial charge in [-0.2, -0.15) is 38.2 Å². The van der Waals surface area contributed by atoms with Crippen molar-refractivity contribution in [2.45, 2.75) is 42.0 Å². The molecular formula is C49H40N3O21S4+. The van der Waals surface area contributed by atoms with Gasteiger partial charge in [-0.1, -0.05) is 12.1 Å². The number of rotatable bonds is 18.